The van der Waals surface area contributed by atoms with Crippen LogP contribution in [0.15, 0.2) is 0 Å². The predicted molar refractivity (Wildman–Crippen MR) is 80.7 cm³/mol. The fraction of sp³-hybridized carbons (Fsp3) is 1.00. The number of aliphatic hydroxyl groups is 1. The van der Waals surface area contributed by atoms with E-state index in [-0.39, 0.29) is 23.2 Å². The van der Waals surface area contributed by atoms with Crippen LogP contribution in [-0.4, -0.2) is 46.4 Å². The minimum atomic E-state index is -0.205. The highest BCUT2D eigenvalue weighted by Gasteiger charge is 2.52. The smallest absolute Gasteiger partial charge is 0.0687 e. The Hall–Kier alpha value is -0.120. The van der Waals surface area contributed by atoms with E-state index in [9.17, 15) is 5.11 Å². The molecule has 4 unspecified atom stereocenters. The molecule has 1 N–H and O–H groups in total. The van der Waals surface area contributed by atoms with Gasteiger partial charge in [-0.15, -0.1) is 0 Å². The van der Waals surface area contributed by atoms with Crippen molar-refractivity contribution < 1.29 is 9.84 Å². The Bertz CT molecular complexity index is 365. The number of hydrogen-bond donors (Lipinski definition) is 1. The van der Waals surface area contributed by atoms with Gasteiger partial charge in [0.25, 0.3) is 0 Å². The van der Waals surface area contributed by atoms with Crippen LogP contribution in [0.4, 0.5) is 0 Å². The van der Waals surface area contributed by atoms with E-state index in [1.54, 1.807) is 0 Å². The molecule has 3 heterocycles. The molecule has 0 saturated carbocycles. The van der Waals surface area contributed by atoms with Crippen LogP contribution in [0.1, 0.15) is 59.8 Å². The van der Waals surface area contributed by atoms with E-state index in [0.717, 1.165) is 6.42 Å². The first-order valence-electron chi connectivity index (χ1n) is 8.30. The Morgan fingerprint density at radius 2 is 1.65 bits per heavy atom. The first kappa shape index (κ1) is 14.8. The predicted octanol–water partition coefficient (Wildman–Crippen LogP) is 2.81. The zero-order valence-electron chi connectivity index (χ0n) is 13.7. The van der Waals surface area contributed by atoms with E-state index < -0.39 is 0 Å². The molecule has 0 amide bonds. The van der Waals surface area contributed by atoms with Crippen molar-refractivity contribution in [3.63, 3.8) is 0 Å². The van der Waals surface area contributed by atoms with Crippen LogP contribution in [0.2, 0.25) is 0 Å². The third-order valence-corrected chi connectivity index (χ3v) is 6.17. The molecule has 0 aliphatic carbocycles. The zero-order valence-corrected chi connectivity index (χ0v) is 13.7. The minimum Gasteiger partial charge on any atom is -0.392 e. The Labute approximate surface area is 123 Å². The topological polar surface area (TPSA) is 32.7 Å². The standard InChI is InChI=1S/C17H31NO2/c1-16(2)10-14(17(3,4)20-16)15(19)11-8-12-6-7-13(9-11)18(12)5/h11-15,19H,6-10H2,1-5H3. The summed E-state index contributed by atoms with van der Waals surface area (Å²) < 4.78 is 6.18. The normalized spacial score (nSPS) is 44.7. The van der Waals surface area contributed by atoms with E-state index in [2.05, 4.69) is 39.6 Å². The van der Waals surface area contributed by atoms with Gasteiger partial charge in [0.15, 0.2) is 0 Å². The number of piperidine rings is 1. The highest BCUT2D eigenvalue weighted by molar-refractivity contribution is 5.02. The van der Waals surface area contributed by atoms with Gasteiger partial charge in [0, 0.05) is 18.0 Å². The molecule has 0 aromatic carbocycles. The van der Waals surface area contributed by atoms with Gasteiger partial charge >= 0.3 is 0 Å². The maximum Gasteiger partial charge on any atom is 0.0687 e. The quantitative estimate of drug-likeness (QED) is 0.845. The van der Waals surface area contributed by atoms with E-state index in [4.69, 9.17) is 4.74 Å². The fourth-order valence-electron chi connectivity index (χ4n) is 5.20. The first-order valence-corrected chi connectivity index (χ1v) is 8.30. The summed E-state index contributed by atoms with van der Waals surface area (Å²) in [6.07, 6.45) is 5.75. The molecule has 0 aromatic rings. The van der Waals surface area contributed by atoms with Gasteiger partial charge in [0.05, 0.1) is 17.3 Å². The average molecular weight is 281 g/mol. The Morgan fingerprint density at radius 1 is 1.10 bits per heavy atom. The summed E-state index contributed by atoms with van der Waals surface area (Å²) >= 11 is 0. The number of ether oxygens (including phenoxy) is 1. The van der Waals surface area contributed by atoms with E-state index in [1.807, 2.05) is 0 Å². The molecule has 3 nitrogen and oxygen atoms in total. The summed E-state index contributed by atoms with van der Waals surface area (Å²) in [6, 6.07) is 1.40. The Kier molecular flexibility index (Phi) is 3.47. The Balaban J connectivity index is 1.72. The number of rotatable bonds is 2. The van der Waals surface area contributed by atoms with E-state index in [0.29, 0.717) is 18.0 Å². The van der Waals surface area contributed by atoms with Crippen LogP contribution in [-0.2, 0) is 4.74 Å². The second-order valence-electron chi connectivity index (χ2n) is 8.55. The average Bonchev–Trinajstić information content (AvgIpc) is 2.69. The van der Waals surface area contributed by atoms with Crippen LogP contribution in [0.25, 0.3) is 0 Å². The van der Waals surface area contributed by atoms with Crippen LogP contribution in [0, 0.1) is 11.8 Å². The lowest BCUT2D eigenvalue weighted by molar-refractivity contribution is -0.0984. The maximum absolute atomic E-state index is 11.0. The van der Waals surface area contributed by atoms with E-state index >= 15 is 0 Å². The summed E-state index contributed by atoms with van der Waals surface area (Å²) in [5.41, 5.74) is -0.301. The largest absolute Gasteiger partial charge is 0.392 e. The number of nitrogens with zero attached hydrogens (tertiary/aromatic N) is 1. The minimum absolute atomic E-state index is 0.0976. The summed E-state index contributed by atoms with van der Waals surface area (Å²) in [4.78, 5) is 2.55. The molecular weight excluding hydrogens is 250 g/mol. The van der Waals surface area contributed by atoms with Crippen molar-refractivity contribution in [2.45, 2.75) is 89.2 Å². The molecule has 3 aliphatic heterocycles. The summed E-state index contributed by atoms with van der Waals surface area (Å²) in [6.45, 7) is 8.61. The fourth-order valence-corrected chi connectivity index (χ4v) is 5.20. The second kappa shape index (κ2) is 4.69. The molecule has 3 aliphatic rings. The van der Waals surface area contributed by atoms with Crippen molar-refractivity contribution in [3.05, 3.63) is 0 Å². The molecule has 0 radical (unpaired) electrons. The van der Waals surface area contributed by atoms with Crippen LogP contribution in [0.3, 0.4) is 0 Å². The number of aliphatic hydroxyl groups excluding tert-OH is 1. The first-order chi connectivity index (χ1) is 9.20. The molecule has 0 spiro atoms. The van der Waals surface area contributed by atoms with Gasteiger partial charge in [0.1, 0.15) is 0 Å². The molecule has 3 rings (SSSR count). The molecule has 116 valence electrons. The van der Waals surface area contributed by atoms with Crippen molar-refractivity contribution in [1.29, 1.82) is 0 Å². The molecule has 3 heteroatoms. The molecule has 4 atom stereocenters. The van der Waals surface area contributed by atoms with Crippen LogP contribution in [0.5, 0.6) is 0 Å². The third kappa shape index (κ3) is 2.42. The van der Waals surface area contributed by atoms with E-state index in [1.165, 1.54) is 25.7 Å². The van der Waals surface area contributed by atoms with Gasteiger partial charge in [-0.2, -0.15) is 0 Å². The van der Waals surface area contributed by atoms with Gasteiger partial charge < -0.3 is 14.7 Å². The zero-order chi connectivity index (χ0) is 14.7. The highest BCUT2D eigenvalue weighted by Crippen LogP contribution is 2.48. The van der Waals surface area contributed by atoms with Crippen LogP contribution >= 0.6 is 0 Å². The summed E-state index contributed by atoms with van der Waals surface area (Å²) in [5, 5.41) is 11.0. The molecule has 3 saturated heterocycles. The molecule has 3 fully saturated rings. The van der Waals surface area contributed by atoms with Gasteiger partial charge in [0.2, 0.25) is 0 Å². The Morgan fingerprint density at radius 3 is 2.10 bits per heavy atom. The molecule has 2 bridgehead atoms. The van der Waals surface area contributed by atoms with Crippen molar-refractivity contribution in [1.82, 2.24) is 4.90 Å². The lowest BCUT2D eigenvalue weighted by Gasteiger charge is -2.41. The highest BCUT2D eigenvalue weighted by atomic mass is 16.5. The maximum atomic E-state index is 11.0. The van der Waals surface area contributed by atoms with Crippen LogP contribution < -0.4 is 0 Å². The van der Waals surface area contributed by atoms with Crippen molar-refractivity contribution in [2.75, 3.05) is 7.05 Å². The number of hydrogen-bond acceptors (Lipinski definition) is 3. The number of fused-ring (bicyclic) bond motifs is 2. The van der Waals surface area contributed by atoms with Crippen molar-refractivity contribution in [3.8, 4) is 0 Å². The van der Waals surface area contributed by atoms with Crippen molar-refractivity contribution in [2.24, 2.45) is 11.8 Å². The molecule has 20 heavy (non-hydrogen) atoms. The lowest BCUT2D eigenvalue weighted by Crippen LogP contribution is -2.47. The van der Waals surface area contributed by atoms with Gasteiger partial charge in [-0.25, -0.2) is 0 Å². The second-order valence-corrected chi connectivity index (χ2v) is 8.55. The monoisotopic (exact) mass is 281 g/mol. The summed E-state index contributed by atoms with van der Waals surface area (Å²) in [5.74, 6) is 0.732. The lowest BCUT2D eigenvalue weighted by atomic mass is 9.74. The van der Waals surface area contributed by atoms with Crippen molar-refractivity contribution >= 4 is 0 Å². The third-order valence-electron chi connectivity index (χ3n) is 6.17. The molecule has 0 aromatic heterocycles. The van der Waals surface area contributed by atoms with Gasteiger partial charge in [-0.05, 0) is 72.8 Å². The summed E-state index contributed by atoms with van der Waals surface area (Å²) in [7, 11) is 2.26. The molecular formula is C17H31NO2. The SMILES string of the molecule is CN1C2CCC1CC(C(O)C1CC(C)(C)OC1(C)C)C2. The van der Waals surface area contributed by atoms with Gasteiger partial charge in [-0.1, -0.05) is 0 Å². The van der Waals surface area contributed by atoms with Gasteiger partial charge in [-0.3, -0.25) is 0 Å².